The van der Waals surface area contributed by atoms with E-state index in [9.17, 15) is 0 Å². The maximum absolute atomic E-state index is 2.65. The monoisotopic (exact) mass is 1070 g/mol. The molecule has 0 saturated heterocycles. The number of thiophene rings is 1. The van der Waals surface area contributed by atoms with Crippen molar-refractivity contribution in [3.05, 3.63) is 269 Å². The maximum Gasteiger partial charge on any atom is 0.0591 e. The molecule has 390 valence electrons. The summed E-state index contributed by atoms with van der Waals surface area (Å²) in [6.07, 6.45) is 5.07. The minimum Gasteiger partial charge on any atom is -0.334 e. The molecular weight excluding hydrogens is 1010 g/mol. The van der Waals surface area contributed by atoms with Gasteiger partial charge in [-0.2, -0.15) is 0 Å². The largest absolute Gasteiger partial charge is 0.334 e. The van der Waals surface area contributed by atoms with E-state index in [0.717, 1.165) is 17.1 Å². The summed E-state index contributed by atoms with van der Waals surface area (Å²) in [6, 6.07) is 90.0. The summed E-state index contributed by atoms with van der Waals surface area (Å²) in [5.74, 6) is 0.237. The number of hydrogen-bond acceptors (Lipinski definition) is 3. The third kappa shape index (κ3) is 6.81. The van der Waals surface area contributed by atoms with Crippen LogP contribution in [0.2, 0.25) is 0 Å². The maximum atomic E-state index is 2.65. The fourth-order valence-corrected chi connectivity index (χ4v) is 16.4. The second kappa shape index (κ2) is 17.4. The van der Waals surface area contributed by atoms with Crippen molar-refractivity contribution in [2.75, 3.05) is 9.80 Å². The van der Waals surface area contributed by atoms with E-state index in [1.54, 1.807) is 0 Å². The normalized spacial score (nSPS) is 16.3. The molecule has 82 heavy (non-hydrogen) atoms. The first-order valence-corrected chi connectivity index (χ1v) is 29.9. The molecule has 3 aliphatic carbocycles. The molecule has 0 amide bonds. The van der Waals surface area contributed by atoms with E-state index in [1.165, 1.54) is 140 Å². The predicted molar refractivity (Wildman–Crippen MR) is 353 cm³/mol. The number of nitrogens with zero attached hydrogens (tertiary/aromatic N) is 2. The van der Waals surface area contributed by atoms with Gasteiger partial charge in [0.25, 0.3) is 0 Å². The summed E-state index contributed by atoms with van der Waals surface area (Å²) in [5.41, 5.74) is 16.4. The smallest absolute Gasteiger partial charge is 0.0591 e. The zero-order valence-electron chi connectivity index (χ0n) is 46.6. The Morgan fingerprint density at radius 2 is 0.841 bits per heavy atom. The van der Waals surface area contributed by atoms with Gasteiger partial charge < -0.3 is 9.80 Å². The van der Waals surface area contributed by atoms with Gasteiger partial charge in [-0.25, -0.2) is 0 Å². The fraction of sp³-hybridized carbons (Fsp3) is 0.114. The SMILES string of the molecule is CC1C=c2ccc3ccccc3c2=CC1N(c1ccc2c(c1)C(C)(C)c1ccccc1-2)c1ccc2c(c1)sc1c3ccc(N(c4ccc5c(c4)C(C)(C)c4ccccc4-5)c4ccc5ccc6ccccc6c5c4)cc3c3ccccc3c21. The molecule has 0 N–H and O–H groups in total. The first-order chi connectivity index (χ1) is 40.1. The van der Waals surface area contributed by atoms with Gasteiger partial charge in [0.2, 0.25) is 0 Å². The summed E-state index contributed by atoms with van der Waals surface area (Å²) in [6.45, 7) is 12.0. The van der Waals surface area contributed by atoms with Crippen LogP contribution in [-0.2, 0) is 10.8 Å². The number of rotatable bonds is 6. The zero-order valence-corrected chi connectivity index (χ0v) is 47.4. The minimum atomic E-state index is -0.146. The van der Waals surface area contributed by atoms with Crippen LogP contribution in [0.3, 0.4) is 0 Å². The van der Waals surface area contributed by atoms with Gasteiger partial charge in [-0.1, -0.05) is 223 Å². The Morgan fingerprint density at radius 1 is 0.354 bits per heavy atom. The van der Waals surface area contributed by atoms with Crippen molar-refractivity contribution in [3.8, 4) is 22.3 Å². The van der Waals surface area contributed by atoms with E-state index < -0.39 is 0 Å². The predicted octanol–water partition coefficient (Wildman–Crippen LogP) is 20.3. The highest BCUT2D eigenvalue weighted by Crippen LogP contribution is 2.54. The van der Waals surface area contributed by atoms with E-state index in [1.807, 2.05) is 11.3 Å². The van der Waals surface area contributed by atoms with Crippen LogP contribution in [0.25, 0.3) is 108 Å². The molecule has 2 nitrogen and oxygen atoms in total. The lowest BCUT2D eigenvalue weighted by Crippen LogP contribution is -2.42. The van der Waals surface area contributed by atoms with Gasteiger partial charge in [0, 0.05) is 64.8 Å². The van der Waals surface area contributed by atoms with E-state index in [4.69, 9.17) is 0 Å². The molecule has 1 heterocycles. The molecule has 0 bridgehead atoms. The molecule has 13 aromatic carbocycles. The molecular formula is C79H58N2S. The van der Waals surface area contributed by atoms with Gasteiger partial charge in [-0.05, 0) is 170 Å². The van der Waals surface area contributed by atoms with Gasteiger partial charge >= 0.3 is 0 Å². The van der Waals surface area contributed by atoms with Gasteiger partial charge in [0.1, 0.15) is 0 Å². The Balaban J connectivity index is 0.861. The Hall–Kier alpha value is -9.28. The van der Waals surface area contributed by atoms with Crippen LogP contribution in [0.1, 0.15) is 56.9 Å². The Kier molecular flexibility index (Phi) is 10.1. The van der Waals surface area contributed by atoms with Crippen LogP contribution >= 0.6 is 11.3 Å². The van der Waals surface area contributed by atoms with Crippen LogP contribution in [-0.4, -0.2) is 6.04 Å². The summed E-state index contributed by atoms with van der Waals surface area (Å²) >= 11 is 1.94. The summed E-state index contributed by atoms with van der Waals surface area (Å²) < 4.78 is 2.61. The molecule has 3 heteroatoms. The molecule has 3 aliphatic rings. The standard InChI is InChI=1S/C79H58N2S/c1-47-40-51-29-28-49-17-7-9-19-58(49)68(51)46-74(47)81(55-33-37-63-61-22-13-15-25-71(61)79(4,5)73(63)44-55)56-35-39-66-75(45-56)82-77-65-38-34-53(42-69(65)59-20-10-11-23-64(59)76(66)77)80(52-31-30-50-27-26-48-16-6-8-18-57(48)67(50)41-52)54-32-36-62-60-21-12-14-24-70(60)78(2,3)72(62)43-54/h6-47,74H,1-5H3. The van der Waals surface area contributed by atoms with E-state index in [0.29, 0.717) is 0 Å². The van der Waals surface area contributed by atoms with E-state index in [2.05, 4.69) is 293 Å². The van der Waals surface area contributed by atoms with Crippen molar-refractivity contribution in [1.29, 1.82) is 0 Å². The first-order valence-electron chi connectivity index (χ1n) is 29.1. The molecule has 1 aromatic heterocycles. The topological polar surface area (TPSA) is 6.48 Å². The van der Waals surface area contributed by atoms with Gasteiger partial charge in [-0.3, -0.25) is 0 Å². The lowest BCUT2D eigenvalue weighted by atomic mass is 9.82. The number of anilines is 5. The minimum absolute atomic E-state index is 0.0616. The van der Waals surface area contributed by atoms with Crippen molar-refractivity contribution >= 4 is 126 Å². The summed E-state index contributed by atoms with van der Waals surface area (Å²) in [7, 11) is 0. The van der Waals surface area contributed by atoms with Gasteiger partial charge in [0.15, 0.2) is 0 Å². The van der Waals surface area contributed by atoms with Crippen molar-refractivity contribution in [2.45, 2.75) is 51.5 Å². The third-order valence-electron chi connectivity index (χ3n) is 19.2. The molecule has 2 atom stereocenters. The first kappa shape index (κ1) is 47.5. The molecule has 0 spiro atoms. The van der Waals surface area contributed by atoms with Crippen LogP contribution in [0.15, 0.2) is 237 Å². The molecule has 2 unspecified atom stereocenters. The highest BCUT2D eigenvalue weighted by atomic mass is 32.1. The third-order valence-corrected chi connectivity index (χ3v) is 20.4. The second-order valence-corrected chi connectivity index (χ2v) is 25.5. The number of benzene rings is 13. The Bertz CT molecular complexity index is 5230. The number of fused-ring (bicyclic) bond motifs is 20. The average molecular weight is 1070 g/mol. The molecule has 14 aromatic rings. The van der Waals surface area contributed by atoms with Crippen LogP contribution in [0, 0.1) is 5.92 Å². The summed E-state index contributed by atoms with van der Waals surface area (Å²) in [4.78, 5) is 5.16. The van der Waals surface area contributed by atoms with Crippen molar-refractivity contribution in [2.24, 2.45) is 5.92 Å². The van der Waals surface area contributed by atoms with Crippen LogP contribution < -0.4 is 20.2 Å². The van der Waals surface area contributed by atoms with Gasteiger partial charge in [0.05, 0.1) is 6.04 Å². The highest BCUT2D eigenvalue weighted by Gasteiger charge is 2.38. The number of hydrogen-bond donors (Lipinski definition) is 0. The second-order valence-electron chi connectivity index (χ2n) is 24.4. The Morgan fingerprint density at radius 3 is 1.57 bits per heavy atom. The van der Waals surface area contributed by atoms with Gasteiger partial charge in [-0.15, -0.1) is 11.3 Å². The van der Waals surface area contributed by atoms with Crippen molar-refractivity contribution in [3.63, 3.8) is 0 Å². The van der Waals surface area contributed by atoms with E-state index in [-0.39, 0.29) is 22.8 Å². The lowest BCUT2D eigenvalue weighted by molar-refractivity contribution is 0.651. The van der Waals surface area contributed by atoms with Crippen LogP contribution in [0.4, 0.5) is 28.4 Å². The Labute approximate surface area is 481 Å². The van der Waals surface area contributed by atoms with Crippen LogP contribution in [0.5, 0.6) is 0 Å². The highest BCUT2D eigenvalue weighted by molar-refractivity contribution is 7.27. The van der Waals surface area contributed by atoms with Crippen molar-refractivity contribution in [1.82, 2.24) is 0 Å². The quantitative estimate of drug-likeness (QED) is 0.153. The molecule has 0 fully saturated rings. The molecule has 17 rings (SSSR count). The zero-order chi connectivity index (χ0) is 54.8. The average Bonchev–Trinajstić information content (AvgIpc) is 3.47. The summed E-state index contributed by atoms with van der Waals surface area (Å²) in [5, 5.41) is 17.9. The lowest BCUT2D eigenvalue weighted by Gasteiger charge is -2.37. The molecule has 0 radical (unpaired) electrons. The van der Waals surface area contributed by atoms with E-state index >= 15 is 0 Å². The fourth-order valence-electron chi connectivity index (χ4n) is 15.1. The van der Waals surface area contributed by atoms with Crippen molar-refractivity contribution < 1.29 is 0 Å². The molecule has 0 aliphatic heterocycles. The molecule has 0 saturated carbocycles.